The van der Waals surface area contributed by atoms with Crippen LogP contribution in [-0.4, -0.2) is 40.3 Å². The van der Waals surface area contributed by atoms with Crippen molar-refractivity contribution < 1.29 is 4.79 Å². The molecular weight excluding hydrogens is 408 g/mol. The maximum atomic E-state index is 12.9. The summed E-state index contributed by atoms with van der Waals surface area (Å²) in [6.45, 7) is 3.47. The van der Waals surface area contributed by atoms with Crippen LogP contribution in [0.3, 0.4) is 0 Å². The van der Waals surface area contributed by atoms with Crippen LogP contribution >= 0.6 is 23.4 Å². The second-order valence-corrected chi connectivity index (χ2v) is 8.58. The molecule has 3 aromatic rings. The lowest BCUT2D eigenvalue weighted by Gasteiger charge is -2.28. The van der Waals surface area contributed by atoms with Gasteiger partial charge in [0.25, 0.3) is 5.56 Å². The van der Waals surface area contributed by atoms with Gasteiger partial charge < -0.3 is 10.2 Å². The second-order valence-electron chi connectivity index (χ2n) is 6.94. The van der Waals surface area contributed by atoms with E-state index in [1.165, 1.54) is 4.68 Å². The van der Waals surface area contributed by atoms with E-state index in [1.54, 1.807) is 18.2 Å². The Bertz CT molecular complexity index is 1130. The standard InChI is InChI=1S/C21H21ClN4O2S/c1-14-6-7-15(12-18(14)22)23-19(27)13-26-21(28)17-5-3-2-4-16(17)20(24-26)25-8-10-29-11-9-25/h2-7,12H,8-11,13H2,1H3,(H,23,27). The molecule has 1 fully saturated rings. The minimum absolute atomic E-state index is 0.162. The first kappa shape index (κ1) is 19.8. The fourth-order valence-electron chi connectivity index (χ4n) is 3.34. The molecule has 0 unspecified atom stereocenters. The van der Waals surface area contributed by atoms with Gasteiger partial charge in [-0.15, -0.1) is 0 Å². The van der Waals surface area contributed by atoms with Crippen LogP contribution in [-0.2, 0) is 11.3 Å². The van der Waals surface area contributed by atoms with Crippen LogP contribution in [0.5, 0.6) is 0 Å². The van der Waals surface area contributed by atoms with E-state index in [2.05, 4.69) is 15.3 Å². The van der Waals surface area contributed by atoms with E-state index in [0.29, 0.717) is 16.1 Å². The summed E-state index contributed by atoms with van der Waals surface area (Å²) < 4.78 is 1.25. The molecule has 1 aliphatic heterocycles. The Labute approximate surface area is 177 Å². The Balaban J connectivity index is 1.65. The van der Waals surface area contributed by atoms with Crippen LogP contribution in [0.2, 0.25) is 5.02 Å². The topological polar surface area (TPSA) is 67.2 Å². The average Bonchev–Trinajstić information content (AvgIpc) is 2.73. The van der Waals surface area contributed by atoms with Crippen molar-refractivity contribution in [3.63, 3.8) is 0 Å². The van der Waals surface area contributed by atoms with Crippen LogP contribution in [0.15, 0.2) is 47.3 Å². The summed E-state index contributed by atoms with van der Waals surface area (Å²) in [5.41, 5.74) is 1.25. The second kappa shape index (κ2) is 8.47. The smallest absolute Gasteiger partial charge is 0.275 e. The first-order valence-corrected chi connectivity index (χ1v) is 10.9. The van der Waals surface area contributed by atoms with E-state index < -0.39 is 0 Å². The molecule has 1 aromatic heterocycles. The van der Waals surface area contributed by atoms with E-state index >= 15 is 0 Å². The summed E-state index contributed by atoms with van der Waals surface area (Å²) in [5, 5.41) is 9.34. The molecule has 2 heterocycles. The molecule has 1 amide bonds. The highest BCUT2D eigenvalue weighted by molar-refractivity contribution is 7.99. The fourth-order valence-corrected chi connectivity index (χ4v) is 4.42. The third-order valence-corrected chi connectivity index (χ3v) is 6.26. The number of halogens is 1. The van der Waals surface area contributed by atoms with Gasteiger partial charge in [0.05, 0.1) is 5.39 Å². The molecule has 0 aliphatic carbocycles. The SMILES string of the molecule is Cc1ccc(NC(=O)Cn2nc(N3CCSCC3)c3ccccc3c2=O)cc1Cl. The number of nitrogens with zero attached hydrogens (tertiary/aromatic N) is 3. The van der Waals surface area contributed by atoms with Crippen LogP contribution < -0.4 is 15.8 Å². The molecule has 0 saturated carbocycles. The number of amides is 1. The molecule has 0 atom stereocenters. The van der Waals surface area contributed by atoms with Crippen molar-refractivity contribution in [2.24, 2.45) is 0 Å². The maximum Gasteiger partial charge on any atom is 0.275 e. The molecule has 0 spiro atoms. The van der Waals surface area contributed by atoms with Crippen LogP contribution in [0.4, 0.5) is 11.5 Å². The van der Waals surface area contributed by atoms with Gasteiger partial charge in [-0.25, -0.2) is 4.68 Å². The van der Waals surface area contributed by atoms with E-state index in [1.807, 2.05) is 43.0 Å². The Kier molecular flexibility index (Phi) is 5.78. The summed E-state index contributed by atoms with van der Waals surface area (Å²) in [7, 11) is 0. The number of rotatable bonds is 4. The highest BCUT2D eigenvalue weighted by Crippen LogP contribution is 2.25. The molecule has 4 rings (SSSR count). The highest BCUT2D eigenvalue weighted by atomic mass is 35.5. The number of thioether (sulfide) groups is 1. The zero-order valence-electron chi connectivity index (χ0n) is 16.0. The molecule has 1 saturated heterocycles. The van der Waals surface area contributed by atoms with Crippen molar-refractivity contribution in [1.82, 2.24) is 9.78 Å². The molecule has 150 valence electrons. The number of carbonyl (C=O) groups excluding carboxylic acids is 1. The zero-order chi connectivity index (χ0) is 20.4. The van der Waals surface area contributed by atoms with Crippen molar-refractivity contribution >= 4 is 51.5 Å². The Morgan fingerprint density at radius 3 is 2.62 bits per heavy atom. The number of nitrogens with one attached hydrogen (secondary N) is 1. The van der Waals surface area contributed by atoms with E-state index in [9.17, 15) is 9.59 Å². The molecule has 8 heteroatoms. The molecule has 0 bridgehead atoms. The molecule has 1 N–H and O–H groups in total. The molecule has 6 nitrogen and oxygen atoms in total. The number of carbonyl (C=O) groups is 1. The average molecular weight is 429 g/mol. The lowest BCUT2D eigenvalue weighted by atomic mass is 10.1. The van der Waals surface area contributed by atoms with E-state index in [0.717, 1.165) is 41.4 Å². The van der Waals surface area contributed by atoms with Crippen LogP contribution in [0.1, 0.15) is 5.56 Å². The lowest BCUT2D eigenvalue weighted by Crippen LogP contribution is -2.37. The molecule has 1 aliphatic rings. The van der Waals surface area contributed by atoms with Gasteiger partial charge in [0.1, 0.15) is 6.54 Å². The molecular formula is C21H21ClN4O2S. The largest absolute Gasteiger partial charge is 0.353 e. The first-order chi connectivity index (χ1) is 14.0. The van der Waals surface area contributed by atoms with Crippen LogP contribution in [0.25, 0.3) is 10.8 Å². The highest BCUT2D eigenvalue weighted by Gasteiger charge is 2.19. The number of hydrogen-bond donors (Lipinski definition) is 1. The van der Waals surface area contributed by atoms with Crippen LogP contribution in [0, 0.1) is 6.92 Å². The molecule has 29 heavy (non-hydrogen) atoms. The molecule has 2 aromatic carbocycles. The summed E-state index contributed by atoms with van der Waals surface area (Å²) in [6.07, 6.45) is 0. The fraction of sp³-hybridized carbons (Fsp3) is 0.286. The third-order valence-electron chi connectivity index (χ3n) is 4.91. The Hall–Kier alpha value is -2.51. The predicted molar refractivity (Wildman–Crippen MR) is 120 cm³/mol. The number of aromatic nitrogens is 2. The monoisotopic (exact) mass is 428 g/mol. The van der Waals surface area contributed by atoms with E-state index in [-0.39, 0.29) is 18.0 Å². The van der Waals surface area contributed by atoms with Gasteiger partial charge in [0.2, 0.25) is 5.91 Å². The Morgan fingerprint density at radius 1 is 1.17 bits per heavy atom. The van der Waals surface area contributed by atoms with Crippen molar-refractivity contribution in [2.75, 3.05) is 34.8 Å². The lowest BCUT2D eigenvalue weighted by molar-refractivity contribution is -0.117. The normalized spacial score (nSPS) is 14.2. The quantitative estimate of drug-likeness (QED) is 0.688. The van der Waals surface area contributed by atoms with Crippen molar-refractivity contribution in [1.29, 1.82) is 0 Å². The first-order valence-electron chi connectivity index (χ1n) is 9.41. The zero-order valence-corrected chi connectivity index (χ0v) is 17.6. The van der Waals surface area contributed by atoms with Crippen molar-refractivity contribution in [2.45, 2.75) is 13.5 Å². The maximum absolute atomic E-state index is 12.9. The van der Waals surface area contributed by atoms with Gasteiger partial charge in [-0.1, -0.05) is 35.9 Å². The van der Waals surface area contributed by atoms with Crippen molar-refractivity contribution in [3.8, 4) is 0 Å². The minimum atomic E-state index is -0.324. The number of benzene rings is 2. The van der Waals surface area contributed by atoms with Gasteiger partial charge >= 0.3 is 0 Å². The van der Waals surface area contributed by atoms with Crippen molar-refractivity contribution in [3.05, 3.63) is 63.4 Å². The summed E-state index contributed by atoms with van der Waals surface area (Å²) >= 11 is 8.04. The Morgan fingerprint density at radius 2 is 1.90 bits per heavy atom. The summed E-state index contributed by atoms with van der Waals surface area (Å²) in [4.78, 5) is 27.7. The molecule has 0 radical (unpaired) electrons. The summed E-state index contributed by atoms with van der Waals surface area (Å²) in [5.74, 6) is 2.47. The van der Waals surface area contributed by atoms with E-state index in [4.69, 9.17) is 11.6 Å². The number of aryl methyl sites for hydroxylation is 1. The van der Waals surface area contributed by atoms with Gasteiger partial charge in [-0.05, 0) is 30.7 Å². The number of hydrogen-bond acceptors (Lipinski definition) is 5. The third kappa shape index (κ3) is 4.26. The van der Waals surface area contributed by atoms with Gasteiger partial charge in [0.15, 0.2) is 5.82 Å². The predicted octanol–water partition coefficient (Wildman–Crippen LogP) is 3.55. The van der Waals surface area contributed by atoms with Gasteiger partial charge in [-0.3, -0.25) is 9.59 Å². The minimum Gasteiger partial charge on any atom is -0.353 e. The van der Waals surface area contributed by atoms with Gasteiger partial charge in [-0.2, -0.15) is 16.9 Å². The number of anilines is 2. The van der Waals surface area contributed by atoms with Gasteiger partial charge in [0, 0.05) is 40.7 Å². The number of fused-ring (bicyclic) bond motifs is 1. The summed E-state index contributed by atoms with van der Waals surface area (Å²) in [6, 6.07) is 12.8.